The predicted molar refractivity (Wildman–Crippen MR) is 66.5 cm³/mol. The summed E-state index contributed by atoms with van der Waals surface area (Å²) >= 11 is 0. The van der Waals surface area contributed by atoms with Crippen LogP contribution >= 0.6 is 0 Å². The maximum absolute atomic E-state index is 11.9. The van der Waals surface area contributed by atoms with E-state index in [2.05, 4.69) is 10.4 Å². The highest BCUT2D eigenvalue weighted by Crippen LogP contribution is 2.25. The number of aryl methyl sites for hydroxylation is 1. The number of aliphatic hydroxyl groups is 2. The number of carbonyl (C=O) groups excluding carboxylic acids is 1. The van der Waals surface area contributed by atoms with Crippen molar-refractivity contribution in [1.29, 1.82) is 0 Å². The van der Waals surface area contributed by atoms with Gasteiger partial charge in [0.1, 0.15) is 5.69 Å². The molecule has 3 atom stereocenters. The van der Waals surface area contributed by atoms with Crippen molar-refractivity contribution in [2.24, 2.45) is 13.0 Å². The summed E-state index contributed by atoms with van der Waals surface area (Å²) in [5.74, 6) is -0.579. The Morgan fingerprint density at radius 2 is 2.26 bits per heavy atom. The molecule has 1 fully saturated rings. The molecule has 0 aliphatic heterocycles. The summed E-state index contributed by atoms with van der Waals surface area (Å²) in [7, 11) is 1.47. The van der Waals surface area contributed by atoms with E-state index in [0.29, 0.717) is 12.8 Å². The average Bonchev–Trinajstić information content (AvgIpc) is 2.72. The SMILES string of the molecule is Cn1nc(C(=O)N[C@@H]2C[C@H](CO)[C@H](O)C2)ccc1=O. The Labute approximate surface area is 109 Å². The molecule has 0 spiro atoms. The van der Waals surface area contributed by atoms with Gasteiger partial charge in [0.2, 0.25) is 0 Å². The summed E-state index contributed by atoms with van der Waals surface area (Å²) in [6.07, 6.45) is 0.362. The molecule has 1 heterocycles. The molecule has 1 aromatic heterocycles. The van der Waals surface area contributed by atoms with Gasteiger partial charge in [-0.3, -0.25) is 9.59 Å². The Kier molecular flexibility index (Phi) is 3.96. The second-order valence-electron chi connectivity index (χ2n) is 4.83. The van der Waals surface area contributed by atoms with E-state index >= 15 is 0 Å². The lowest BCUT2D eigenvalue weighted by atomic mass is 10.1. The van der Waals surface area contributed by atoms with Crippen LogP contribution in [0.25, 0.3) is 0 Å². The van der Waals surface area contributed by atoms with E-state index in [1.807, 2.05) is 0 Å². The van der Waals surface area contributed by atoms with Crippen LogP contribution in [0.1, 0.15) is 23.3 Å². The molecule has 2 rings (SSSR count). The zero-order chi connectivity index (χ0) is 14.0. The van der Waals surface area contributed by atoms with Gasteiger partial charge >= 0.3 is 0 Å². The first-order valence-corrected chi connectivity index (χ1v) is 6.15. The minimum absolute atomic E-state index is 0.0916. The first kappa shape index (κ1) is 13.7. The third kappa shape index (κ3) is 2.99. The molecule has 1 aliphatic rings. The molecule has 7 nitrogen and oxygen atoms in total. The smallest absolute Gasteiger partial charge is 0.271 e. The van der Waals surface area contributed by atoms with Crippen LogP contribution in [-0.2, 0) is 7.05 Å². The van der Waals surface area contributed by atoms with Gasteiger partial charge in [-0.25, -0.2) is 4.68 Å². The molecule has 0 saturated heterocycles. The van der Waals surface area contributed by atoms with Crippen molar-refractivity contribution in [2.75, 3.05) is 6.61 Å². The predicted octanol–water partition coefficient (Wildman–Crippen LogP) is -1.36. The maximum Gasteiger partial charge on any atom is 0.271 e. The van der Waals surface area contributed by atoms with Crippen LogP contribution in [-0.4, -0.2) is 44.7 Å². The summed E-state index contributed by atoms with van der Waals surface area (Å²) < 4.78 is 1.09. The number of rotatable bonds is 3. The number of hydrogen-bond donors (Lipinski definition) is 3. The Morgan fingerprint density at radius 3 is 2.84 bits per heavy atom. The van der Waals surface area contributed by atoms with Crippen molar-refractivity contribution in [3.63, 3.8) is 0 Å². The van der Waals surface area contributed by atoms with Gasteiger partial charge in [-0.1, -0.05) is 0 Å². The molecule has 0 bridgehead atoms. The largest absolute Gasteiger partial charge is 0.396 e. The van der Waals surface area contributed by atoms with Gasteiger partial charge in [0.05, 0.1) is 6.10 Å². The van der Waals surface area contributed by atoms with Crippen LogP contribution in [0, 0.1) is 5.92 Å². The van der Waals surface area contributed by atoms with Crippen molar-refractivity contribution in [3.05, 3.63) is 28.2 Å². The highest BCUT2D eigenvalue weighted by atomic mass is 16.3. The number of nitrogens with one attached hydrogen (secondary N) is 1. The fourth-order valence-electron chi connectivity index (χ4n) is 2.30. The first-order valence-electron chi connectivity index (χ1n) is 6.15. The van der Waals surface area contributed by atoms with Crippen molar-refractivity contribution in [2.45, 2.75) is 25.0 Å². The first-order chi connectivity index (χ1) is 9.01. The molecule has 0 unspecified atom stereocenters. The molecule has 1 amide bonds. The number of aliphatic hydroxyl groups excluding tert-OH is 2. The molecule has 0 radical (unpaired) electrons. The number of aromatic nitrogens is 2. The Hall–Kier alpha value is -1.73. The summed E-state index contributed by atoms with van der Waals surface area (Å²) in [5.41, 5.74) is -0.128. The molecule has 1 aromatic rings. The monoisotopic (exact) mass is 267 g/mol. The quantitative estimate of drug-likeness (QED) is 0.627. The number of hydrogen-bond acceptors (Lipinski definition) is 5. The topological polar surface area (TPSA) is 104 Å². The van der Waals surface area contributed by atoms with Gasteiger partial charge in [0.25, 0.3) is 11.5 Å². The van der Waals surface area contributed by atoms with Crippen molar-refractivity contribution in [1.82, 2.24) is 15.1 Å². The van der Waals surface area contributed by atoms with Gasteiger partial charge in [0, 0.05) is 31.7 Å². The van der Waals surface area contributed by atoms with Gasteiger partial charge in [-0.05, 0) is 18.9 Å². The highest BCUT2D eigenvalue weighted by molar-refractivity contribution is 5.92. The molecule has 104 valence electrons. The van der Waals surface area contributed by atoms with E-state index in [0.717, 1.165) is 4.68 Å². The van der Waals surface area contributed by atoms with E-state index in [1.54, 1.807) is 0 Å². The van der Waals surface area contributed by atoms with Crippen molar-refractivity contribution < 1.29 is 15.0 Å². The zero-order valence-corrected chi connectivity index (χ0v) is 10.6. The minimum Gasteiger partial charge on any atom is -0.396 e. The van der Waals surface area contributed by atoms with E-state index in [1.165, 1.54) is 19.2 Å². The number of nitrogens with zero attached hydrogens (tertiary/aromatic N) is 2. The molecule has 19 heavy (non-hydrogen) atoms. The van der Waals surface area contributed by atoms with Crippen LogP contribution in [0.15, 0.2) is 16.9 Å². The fraction of sp³-hybridized carbons (Fsp3) is 0.583. The van der Waals surface area contributed by atoms with E-state index in [-0.39, 0.29) is 35.7 Å². The second-order valence-corrected chi connectivity index (χ2v) is 4.83. The zero-order valence-electron chi connectivity index (χ0n) is 10.6. The fourth-order valence-corrected chi connectivity index (χ4v) is 2.30. The van der Waals surface area contributed by atoms with Crippen molar-refractivity contribution in [3.8, 4) is 0 Å². The van der Waals surface area contributed by atoms with Gasteiger partial charge in [0.15, 0.2) is 0 Å². The Balaban J connectivity index is 2.02. The lowest BCUT2D eigenvalue weighted by Gasteiger charge is -2.12. The number of carbonyl (C=O) groups is 1. The Bertz CT molecular complexity index is 528. The Morgan fingerprint density at radius 1 is 1.53 bits per heavy atom. The summed E-state index contributed by atoms with van der Waals surface area (Å²) in [6, 6.07) is 2.47. The minimum atomic E-state index is -0.594. The summed E-state index contributed by atoms with van der Waals surface area (Å²) in [6.45, 7) is -0.0916. The van der Waals surface area contributed by atoms with Crippen LogP contribution in [0.5, 0.6) is 0 Å². The van der Waals surface area contributed by atoms with Crippen LogP contribution in [0.4, 0.5) is 0 Å². The summed E-state index contributed by atoms with van der Waals surface area (Å²) in [4.78, 5) is 23.1. The summed E-state index contributed by atoms with van der Waals surface area (Å²) in [5, 5.41) is 25.3. The van der Waals surface area contributed by atoms with Crippen LogP contribution in [0.2, 0.25) is 0 Å². The van der Waals surface area contributed by atoms with Crippen LogP contribution in [0.3, 0.4) is 0 Å². The molecule has 1 saturated carbocycles. The molecule has 3 N–H and O–H groups in total. The molecular weight excluding hydrogens is 250 g/mol. The maximum atomic E-state index is 11.9. The van der Waals surface area contributed by atoms with Crippen molar-refractivity contribution >= 4 is 5.91 Å². The van der Waals surface area contributed by atoms with Gasteiger partial charge in [-0.2, -0.15) is 5.10 Å². The number of amides is 1. The third-order valence-corrected chi connectivity index (χ3v) is 3.42. The molecular formula is C12H17N3O4. The molecule has 0 aromatic carbocycles. The second kappa shape index (κ2) is 5.50. The lowest BCUT2D eigenvalue weighted by Crippen LogP contribution is -2.35. The highest BCUT2D eigenvalue weighted by Gasteiger charge is 2.33. The van der Waals surface area contributed by atoms with Gasteiger partial charge < -0.3 is 15.5 Å². The standard InChI is InChI=1S/C12H17N3O4/c1-15-11(18)3-2-9(14-15)12(19)13-8-4-7(6-16)10(17)5-8/h2-3,7-8,10,16-17H,4-6H2,1H3,(H,13,19)/t7-,8-,10-/m1/s1. The van der Waals surface area contributed by atoms with Gasteiger partial charge in [-0.15, -0.1) is 0 Å². The van der Waals surface area contributed by atoms with E-state index < -0.39 is 6.10 Å². The van der Waals surface area contributed by atoms with E-state index in [4.69, 9.17) is 5.11 Å². The molecule has 1 aliphatic carbocycles. The van der Waals surface area contributed by atoms with Crippen LogP contribution < -0.4 is 10.9 Å². The van der Waals surface area contributed by atoms with E-state index in [9.17, 15) is 14.7 Å². The normalized spacial score (nSPS) is 26.4. The average molecular weight is 267 g/mol. The molecule has 7 heteroatoms. The lowest BCUT2D eigenvalue weighted by molar-refractivity contribution is 0.0902. The third-order valence-electron chi connectivity index (χ3n) is 3.42.